The fourth-order valence-corrected chi connectivity index (χ4v) is 4.72. The van der Waals surface area contributed by atoms with Crippen molar-refractivity contribution < 1.29 is 24.2 Å². The van der Waals surface area contributed by atoms with E-state index in [9.17, 15) is 19.5 Å². The van der Waals surface area contributed by atoms with Crippen LogP contribution in [0.25, 0.3) is 0 Å². The number of ether oxygens (including phenoxy) is 2. The lowest BCUT2D eigenvalue weighted by Gasteiger charge is -2.25. The molecule has 1 aliphatic heterocycles. The van der Waals surface area contributed by atoms with Gasteiger partial charge in [-0.1, -0.05) is 55.7 Å². The van der Waals surface area contributed by atoms with Crippen molar-refractivity contribution in [2.24, 2.45) is 0 Å². The molecule has 1 amide bonds. The van der Waals surface area contributed by atoms with Crippen LogP contribution in [0, 0.1) is 13.8 Å². The van der Waals surface area contributed by atoms with Gasteiger partial charge in [-0.3, -0.25) is 14.4 Å². The van der Waals surface area contributed by atoms with E-state index in [1.807, 2.05) is 51.1 Å². The van der Waals surface area contributed by atoms with Crippen molar-refractivity contribution in [1.82, 2.24) is 9.88 Å². The molecule has 8 nitrogen and oxygen atoms in total. The van der Waals surface area contributed by atoms with E-state index >= 15 is 0 Å². The molecule has 0 radical (unpaired) electrons. The number of hydrogen-bond acceptors (Lipinski definition) is 5. The summed E-state index contributed by atoms with van der Waals surface area (Å²) in [5, 5.41) is 12.5. The third-order valence-corrected chi connectivity index (χ3v) is 6.73. The van der Waals surface area contributed by atoms with Gasteiger partial charge >= 0.3 is 5.97 Å². The van der Waals surface area contributed by atoms with Crippen molar-refractivity contribution in [3.63, 3.8) is 0 Å². The number of aliphatic carboxylic acids is 1. The minimum absolute atomic E-state index is 0.0923. The molecule has 0 unspecified atom stereocenters. The summed E-state index contributed by atoms with van der Waals surface area (Å²) in [5.74, 6) is -0.366. The Hall–Kier alpha value is -4.07. The Morgan fingerprint density at radius 2 is 1.76 bits per heavy atom. The van der Waals surface area contributed by atoms with Gasteiger partial charge in [0, 0.05) is 18.2 Å². The maximum absolute atomic E-state index is 13.7. The number of nitrogens with zero attached hydrogens (tertiary/aromatic N) is 1. The number of benzene rings is 2. The number of pyridine rings is 1. The number of unbranched alkanes of at least 4 members (excludes halogenated alkanes) is 1. The number of carboxylic acids is 1. The number of nitrogens with one attached hydrogen (secondary N) is 1. The van der Waals surface area contributed by atoms with Gasteiger partial charge in [-0.05, 0) is 55.2 Å². The first kappa shape index (κ1) is 27.0. The molecular formula is C30H34N2O6. The molecule has 0 aliphatic carbocycles. The highest BCUT2D eigenvalue weighted by atomic mass is 16.7. The summed E-state index contributed by atoms with van der Waals surface area (Å²) < 4.78 is 12.3. The molecule has 0 saturated carbocycles. The number of amides is 1. The summed E-state index contributed by atoms with van der Waals surface area (Å²) in [6.45, 7) is 6.04. The minimum atomic E-state index is -1.05. The van der Waals surface area contributed by atoms with Crippen molar-refractivity contribution in [3.8, 4) is 11.5 Å². The zero-order chi connectivity index (χ0) is 27.2. The standard InChI is InChI=1S/C30H34N2O6/c1-4-5-6-25(32-17-20(3)13-23(30(32)36)14-21-9-7-19(2)8-10-21)29(35)31-24(16-28(33)34)22-11-12-26-27(15-22)38-18-37-26/h7-13,15,17,24-25H,4-6,14,16,18H2,1-3H3,(H,31,35)(H,33,34)/t24-,25+/m0/s1. The second-order valence-electron chi connectivity index (χ2n) is 9.85. The highest BCUT2D eigenvalue weighted by Crippen LogP contribution is 2.35. The van der Waals surface area contributed by atoms with E-state index in [-0.39, 0.29) is 18.8 Å². The normalized spacial score (nSPS) is 13.7. The number of aromatic nitrogens is 1. The average Bonchev–Trinajstić information content (AvgIpc) is 3.35. The molecule has 8 heteroatoms. The SMILES string of the molecule is CCCC[C@H](C(=O)N[C@@H](CC(=O)O)c1ccc2c(c1)OCO2)n1cc(C)cc(Cc2ccc(C)cc2)c1=O. The molecule has 200 valence electrons. The van der Waals surface area contributed by atoms with E-state index in [2.05, 4.69) is 5.32 Å². The Morgan fingerprint density at radius 1 is 1.03 bits per heavy atom. The van der Waals surface area contributed by atoms with Gasteiger partial charge in [-0.2, -0.15) is 0 Å². The van der Waals surface area contributed by atoms with Crippen LogP contribution in [0.4, 0.5) is 0 Å². The number of carbonyl (C=O) groups is 2. The van der Waals surface area contributed by atoms with Gasteiger partial charge < -0.3 is 24.5 Å². The lowest BCUT2D eigenvalue weighted by atomic mass is 10.0. The maximum Gasteiger partial charge on any atom is 0.305 e. The molecule has 1 aliphatic rings. The molecule has 0 spiro atoms. The van der Waals surface area contributed by atoms with E-state index in [1.54, 1.807) is 24.4 Å². The smallest absolute Gasteiger partial charge is 0.305 e. The van der Waals surface area contributed by atoms with Gasteiger partial charge in [-0.15, -0.1) is 0 Å². The van der Waals surface area contributed by atoms with Crippen LogP contribution in [0.15, 0.2) is 59.5 Å². The predicted octanol–water partition coefficient (Wildman–Crippen LogP) is 4.85. The molecular weight excluding hydrogens is 484 g/mol. The summed E-state index contributed by atoms with van der Waals surface area (Å²) in [4.78, 5) is 39.0. The lowest BCUT2D eigenvalue weighted by molar-refractivity contribution is -0.138. The minimum Gasteiger partial charge on any atom is -0.481 e. The Morgan fingerprint density at radius 3 is 2.47 bits per heavy atom. The van der Waals surface area contributed by atoms with Crippen LogP contribution in [0.3, 0.4) is 0 Å². The number of aryl methyl sites for hydroxylation is 2. The Kier molecular flexibility index (Phi) is 8.51. The van der Waals surface area contributed by atoms with Crippen molar-refractivity contribution in [2.75, 3.05) is 6.79 Å². The van der Waals surface area contributed by atoms with Gasteiger partial charge in [-0.25, -0.2) is 0 Å². The summed E-state index contributed by atoms with van der Waals surface area (Å²) in [7, 11) is 0. The molecule has 38 heavy (non-hydrogen) atoms. The molecule has 1 aromatic heterocycles. The number of hydrogen-bond donors (Lipinski definition) is 2. The summed E-state index contributed by atoms with van der Waals surface area (Å²) in [6.07, 6.45) is 3.90. The van der Waals surface area contributed by atoms with Crippen LogP contribution < -0.4 is 20.3 Å². The molecule has 4 rings (SSSR count). The number of rotatable bonds is 11. The van der Waals surface area contributed by atoms with Gasteiger partial charge in [0.1, 0.15) is 6.04 Å². The molecule has 0 saturated heterocycles. The molecule has 2 heterocycles. The Labute approximate surface area is 222 Å². The molecule has 0 fully saturated rings. The first-order chi connectivity index (χ1) is 18.2. The number of carbonyl (C=O) groups excluding carboxylic acids is 1. The molecule has 2 aromatic carbocycles. The zero-order valence-corrected chi connectivity index (χ0v) is 22.0. The predicted molar refractivity (Wildman–Crippen MR) is 144 cm³/mol. The van der Waals surface area contributed by atoms with Crippen LogP contribution in [0.1, 0.15) is 72.5 Å². The Balaban J connectivity index is 1.65. The van der Waals surface area contributed by atoms with Crippen LogP contribution >= 0.6 is 0 Å². The summed E-state index contributed by atoms with van der Waals surface area (Å²) in [5.41, 5.74) is 4.02. The van der Waals surface area contributed by atoms with Crippen LogP contribution in [0.2, 0.25) is 0 Å². The van der Waals surface area contributed by atoms with Gasteiger partial charge in [0.15, 0.2) is 11.5 Å². The van der Waals surface area contributed by atoms with E-state index in [4.69, 9.17) is 9.47 Å². The summed E-state index contributed by atoms with van der Waals surface area (Å²) >= 11 is 0. The third-order valence-electron chi connectivity index (χ3n) is 6.73. The summed E-state index contributed by atoms with van der Waals surface area (Å²) in [6, 6.07) is 13.4. The van der Waals surface area contributed by atoms with Gasteiger partial charge in [0.05, 0.1) is 12.5 Å². The van der Waals surface area contributed by atoms with Crippen molar-refractivity contribution in [2.45, 2.75) is 65.0 Å². The van der Waals surface area contributed by atoms with E-state index in [0.29, 0.717) is 35.5 Å². The average molecular weight is 519 g/mol. The third kappa shape index (κ3) is 6.43. The van der Waals surface area contributed by atoms with Crippen LogP contribution in [0.5, 0.6) is 11.5 Å². The Bertz CT molecular complexity index is 1360. The van der Waals surface area contributed by atoms with E-state index < -0.39 is 24.0 Å². The zero-order valence-electron chi connectivity index (χ0n) is 22.0. The maximum atomic E-state index is 13.7. The molecule has 2 atom stereocenters. The first-order valence-corrected chi connectivity index (χ1v) is 12.9. The monoisotopic (exact) mass is 518 g/mol. The van der Waals surface area contributed by atoms with Crippen molar-refractivity contribution >= 4 is 11.9 Å². The van der Waals surface area contributed by atoms with Gasteiger partial charge in [0.25, 0.3) is 5.56 Å². The highest BCUT2D eigenvalue weighted by Gasteiger charge is 2.27. The van der Waals surface area contributed by atoms with E-state index in [0.717, 1.165) is 29.5 Å². The lowest BCUT2D eigenvalue weighted by Crippen LogP contribution is -2.40. The second-order valence-corrected chi connectivity index (χ2v) is 9.85. The fraction of sp³-hybridized carbons (Fsp3) is 0.367. The molecule has 0 bridgehead atoms. The topological polar surface area (TPSA) is 107 Å². The number of carboxylic acid groups (broad SMARTS) is 1. The van der Waals surface area contributed by atoms with Crippen LogP contribution in [-0.4, -0.2) is 28.3 Å². The van der Waals surface area contributed by atoms with Crippen molar-refractivity contribution in [1.29, 1.82) is 0 Å². The quantitative estimate of drug-likeness (QED) is 0.376. The van der Waals surface area contributed by atoms with Crippen LogP contribution in [-0.2, 0) is 16.0 Å². The molecule has 2 N–H and O–H groups in total. The van der Waals surface area contributed by atoms with E-state index in [1.165, 1.54) is 4.57 Å². The first-order valence-electron chi connectivity index (χ1n) is 12.9. The van der Waals surface area contributed by atoms with Gasteiger partial charge in [0.2, 0.25) is 12.7 Å². The fourth-order valence-electron chi connectivity index (χ4n) is 4.72. The molecule has 3 aromatic rings. The second kappa shape index (κ2) is 12.0. The van der Waals surface area contributed by atoms with Crippen molar-refractivity contribution in [3.05, 3.63) is 92.9 Å². The largest absolute Gasteiger partial charge is 0.481 e. The highest BCUT2D eigenvalue weighted by molar-refractivity contribution is 5.81. The number of fused-ring (bicyclic) bond motifs is 1.